The van der Waals surface area contributed by atoms with Gasteiger partial charge in [0, 0.05) is 10.2 Å². The fourth-order valence-corrected chi connectivity index (χ4v) is 2.05. The zero-order valence-corrected chi connectivity index (χ0v) is 12.8. The maximum absolute atomic E-state index is 11.7. The molecule has 1 aromatic carbocycles. The van der Waals surface area contributed by atoms with E-state index in [1.165, 1.54) is 19.4 Å². The summed E-state index contributed by atoms with van der Waals surface area (Å²) in [4.78, 5) is 15.8. The molecule has 0 bridgehead atoms. The first-order valence-corrected chi connectivity index (χ1v) is 6.74. The molecule has 0 atom stereocenters. The van der Waals surface area contributed by atoms with Gasteiger partial charge in [0.15, 0.2) is 0 Å². The molecule has 2 aromatic rings. The van der Waals surface area contributed by atoms with E-state index in [4.69, 9.17) is 22.1 Å². The number of aromatic nitrogens is 1. The molecule has 0 saturated heterocycles. The summed E-state index contributed by atoms with van der Waals surface area (Å²) in [5.41, 5.74) is 7.01. The zero-order chi connectivity index (χ0) is 14.7. The minimum Gasteiger partial charge on any atom is -0.465 e. The number of ether oxygens (including phenoxy) is 1. The number of nitrogens with two attached hydrogens (primary N) is 1. The van der Waals surface area contributed by atoms with Crippen LogP contribution in [0.25, 0.3) is 0 Å². The van der Waals surface area contributed by atoms with Gasteiger partial charge in [-0.1, -0.05) is 11.6 Å². The van der Waals surface area contributed by atoms with E-state index in [-0.39, 0.29) is 5.56 Å². The molecule has 0 aliphatic rings. The smallest absolute Gasteiger partial charge is 0.341 e. The summed E-state index contributed by atoms with van der Waals surface area (Å²) >= 11 is 9.26. The molecule has 1 heterocycles. The van der Waals surface area contributed by atoms with Crippen LogP contribution in [0.15, 0.2) is 34.9 Å². The number of carbonyl (C=O) groups excluding carboxylic acids is 1. The molecule has 0 aliphatic heterocycles. The molecular formula is C13H11BrClN3O2. The lowest BCUT2D eigenvalue weighted by Crippen LogP contribution is -2.08. The van der Waals surface area contributed by atoms with Crippen molar-refractivity contribution in [1.29, 1.82) is 0 Å². The average molecular weight is 357 g/mol. The summed E-state index contributed by atoms with van der Waals surface area (Å²) in [6.45, 7) is 0. The third-order valence-corrected chi connectivity index (χ3v) is 3.71. The fourth-order valence-electron chi connectivity index (χ4n) is 1.56. The standard InChI is InChI=1S/C13H11BrClN3O2/c1-20-13(19)9-4-7(16)6-17-12(9)18-8-2-3-11(15)10(14)5-8/h2-6H,16H2,1H3,(H,17,18). The number of hydrogen-bond donors (Lipinski definition) is 2. The van der Waals surface area contributed by atoms with Crippen LogP contribution in [0.5, 0.6) is 0 Å². The van der Waals surface area contributed by atoms with Gasteiger partial charge in [0.2, 0.25) is 0 Å². The van der Waals surface area contributed by atoms with Crippen molar-refractivity contribution >= 4 is 50.7 Å². The second kappa shape index (κ2) is 6.11. The van der Waals surface area contributed by atoms with Crippen LogP contribution < -0.4 is 11.1 Å². The van der Waals surface area contributed by atoms with Gasteiger partial charge in [0.25, 0.3) is 0 Å². The highest BCUT2D eigenvalue weighted by atomic mass is 79.9. The summed E-state index contributed by atoms with van der Waals surface area (Å²) in [6, 6.07) is 6.78. The Kier molecular flexibility index (Phi) is 4.46. The molecule has 104 valence electrons. The van der Waals surface area contributed by atoms with Crippen molar-refractivity contribution in [2.45, 2.75) is 0 Å². The highest BCUT2D eigenvalue weighted by molar-refractivity contribution is 9.10. The van der Waals surface area contributed by atoms with Crippen LogP contribution in [0, 0.1) is 0 Å². The van der Waals surface area contributed by atoms with Gasteiger partial charge >= 0.3 is 5.97 Å². The monoisotopic (exact) mass is 355 g/mol. The zero-order valence-electron chi connectivity index (χ0n) is 10.5. The number of hydrogen-bond acceptors (Lipinski definition) is 5. The number of nitrogen functional groups attached to an aromatic ring is 1. The van der Waals surface area contributed by atoms with Crippen molar-refractivity contribution in [2.24, 2.45) is 0 Å². The van der Waals surface area contributed by atoms with E-state index in [2.05, 4.69) is 26.2 Å². The number of nitrogens with zero attached hydrogens (tertiary/aromatic N) is 1. The Balaban J connectivity index is 2.37. The average Bonchev–Trinajstić information content (AvgIpc) is 2.44. The largest absolute Gasteiger partial charge is 0.465 e. The normalized spacial score (nSPS) is 10.2. The van der Waals surface area contributed by atoms with Crippen LogP contribution in [0.2, 0.25) is 5.02 Å². The summed E-state index contributed by atoms with van der Waals surface area (Å²) < 4.78 is 5.44. The third-order valence-electron chi connectivity index (χ3n) is 2.50. The van der Waals surface area contributed by atoms with E-state index in [0.717, 1.165) is 10.2 Å². The van der Waals surface area contributed by atoms with Crippen molar-refractivity contribution in [3.8, 4) is 0 Å². The molecule has 5 nitrogen and oxygen atoms in total. The van der Waals surface area contributed by atoms with E-state index < -0.39 is 5.97 Å². The van der Waals surface area contributed by atoms with Gasteiger partial charge in [-0.25, -0.2) is 9.78 Å². The predicted octanol–water partition coefficient (Wildman–Crippen LogP) is 3.61. The fraction of sp³-hybridized carbons (Fsp3) is 0.0769. The highest BCUT2D eigenvalue weighted by Crippen LogP contribution is 2.28. The van der Waals surface area contributed by atoms with Gasteiger partial charge in [0.05, 0.1) is 24.0 Å². The van der Waals surface area contributed by atoms with E-state index in [0.29, 0.717) is 16.5 Å². The van der Waals surface area contributed by atoms with Crippen molar-refractivity contribution < 1.29 is 9.53 Å². The molecule has 3 N–H and O–H groups in total. The Morgan fingerprint density at radius 3 is 2.85 bits per heavy atom. The SMILES string of the molecule is COC(=O)c1cc(N)cnc1Nc1ccc(Cl)c(Br)c1. The van der Waals surface area contributed by atoms with Crippen LogP contribution in [-0.4, -0.2) is 18.1 Å². The van der Waals surface area contributed by atoms with E-state index in [1.54, 1.807) is 18.2 Å². The Morgan fingerprint density at radius 2 is 2.20 bits per heavy atom. The molecule has 0 spiro atoms. The molecule has 0 amide bonds. The maximum Gasteiger partial charge on any atom is 0.341 e. The third kappa shape index (κ3) is 3.20. The quantitative estimate of drug-likeness (QED) is 0.822. The number of esters is 1. The number of halogens is 2. The summed E-state index contributed by atoms with van der Waals surface area (Å²) in [5.74, 6) is -0.152. The van der Waals surface area contributed by atoms with Crippen molar-refractivity contribution in [1.82, 2.24) is 4.98 Å². The number of benzene rings is 1. The molecule has 20 heavy (non-hydrogen) atoms. The second-order valence-corrected chi connectivity index (χ2v) is 5.17. The first-order valence-electron chi connectivity index (χ1n) is 5.57. The van der Waals surface area contributed by atoms with Crippen LogP contribution in [0.4, 0.5) is 17.2 Å². The lowest BCUT2D eigenvalue weighted by Gasteiger charge is -2.11. The van der Waals surface area contributed by atoms with Gasteiger partial charge in [-0.3, -0.25) is 0 Å². The number of nitrogens with one attached hydrogen (secondary N) is 1. The van der Waals surface area contributed by atoms with Crippen molar-refractivity contribution in [3.63, 3.8) is 0 Å². The summed E-state index contributed by atoms with van der Waals surface area (Å²) in [6.07, 6.45) is 1.46. The van der Waals surface area contributed by atoms with Crippen LogP contribution in [0.3, 0.4) is 0 Å². The first kappa shape index (κ1) is 14.6. The van der Waals surface area contributed by atoms with Crippen LogP contribution >= 0.6 is 27.5 Å². The van der Waals surface area contributed by atoms with Crippen LogP contribution in [0.1, 0.15) is 10.4 Å². The van der Waals surface area contributed by atoms with Crippen molar-refractivity contribution in [3.05, 3.63) is 45.5 Å². The number of methoxy groups -OCH3 is 1. The molecule has 0 saturated carbocycles. The van der Waals surface area contributed by atoms with Gasteiger partial charge in [-0.2, -0.15) is 0 Å². The van der Waals surface area contributed by atoms with Crippen molar-refractivity contribution in [2.75, 3.05) is 18.2 Å². The Hall–Kier alpha value is -1.79. The summed E-state index contributed by atoms with van der Waals surface area (Å²) in [7, 11) is 1.30. The lowest BCUT2D eigenvalue weighted by atomic mass is 10.2. The maximum atomic E-state index is 11.7. The molecular weight excluding hydrogens is 346 g/mol. The van der Waals surface area contributed by atoms with Gasteiger partial charge in [-0.05, 0) is 40.2 Å². The topological polar surface area (TPSA) is 77.2 Å². The van der Waals surface area contributed by atoms with Gasteiger partial charge in [0.1, 0.15) is 11.4 Å². The Labute approximate surface area is 129 Å². The molecule has 0 fully saturated rings. The Morgan fingerprint density at radius 1 is 1.45 bits per heavy atom. The predicted molar refractivity (Wildman–Crippen MR) is 82.4 cm³/mol. The molecule has 0 aliphatic carbocycles. The summed E-state index contributed by atoms with van der Waals surface area (Å²) in [5, 5.41) is 3.62. The molecule has 2 rings (SSSR count). The minimum atomic E-state index is -0.514. The second-order valence-electron chi connectivity index (χ2n) is 3.91. The first-order chi connectivity index (χ1) is 9.51. The number of carbonyl (C=O) groups is 1. The molecule has 1 aromatic heterocycles. The van der Waals surface area contributed by atoms with Gasteiger partial charge < -0.3 is 15.8 Å². The highest BCUT2D eigenvalue weighted by Gasteiger charge is 2.14. The number of rotatable bonds is 3. The Bertz CT molecular complexity index is 664. The lowest BCUT2D eigenvalue weighted by molar-refractivity contribution is 0.0601. The number of anilines is 3. The number of pyridine rings is 1. The van der Waals surface area contributed by atoms with Crippen LogP contribution in [-0.2, 0) is 4.74 Å². The van der Waals surface area contributed by atoms with E-state index in [1.807, 2.05) is 0 Å². The minimum absolute atomic E-state index is 0.263. The molecule has 0 unspecified atom stereocenters. The molecule has 0 radical (unpaired) electrons. The van der Waals surface area contributed by atoms with E-state index in [9.17, 15) is 4.79 Å². The molecule has 7 heteroatoms. The van der Waals surface area contributed by atoms with E-state index >= 15 is 0 Å². The van der Waals surface area contributed by atoms with Gasteiger partial charge in [-0.15, -0.1) is 0 Å².